The summed E-state index contributed by atoms with van der Waals surface area (Å²) in [4.78, 5) is 50.5. The van der Waals surface area contributed by atoms with E-state index in [1.165, 1.54) is 23.9 Å². The third kappa shape index (κ3) is 8.82. The van der Waals surface area contributed by atoms with Crippen molar-refractivity contribution in [2.24, 2.45) is 5.73 Å². The second kappa shape index (κ2) is 14.0. The predicted molar refractivity (Wildman–Crippen MR) is 163 cm³/mol. The highest BCUT2D eigenvalue weighted by molar-refractivity contribution is 8.00. The summed E-state index contributed by atoms with van der Waals surface area (Å²) in [7, 11) is 0. The van der Waals surface area contributed by atoms with E-state index in [2.05, 4.69) is 16.0 Å². The molecule has 0 aromatic heterocycles. The Morgan fingerprint density at radius 1 is 0.756 bits per heavy atom. The monoisotopic (exact) mass is 584 g/mol. The zero-order valence-electron chi connectivity index (χ0n) is 21.6. The minimum absolute atomic E-state index is 0.0426. The molecule has 0 bridgehead atoms. The summed E-state index contributed by atoms with van der Waals surface area (Å²) in [6.45, 7) is 0. The number of hydrogen-bond acceptors (Lipinski definition) is 5. The van der Waals surface area contributed by atoms with Gasteiger partial charge in [-0.2, -0.15) is 0 Å². The third-order valence-corrected chi connectivity index (χ3v) is 6.87. The van der Waals surface area contributed by atoms with E-state index in [1.807, 2.05) is 6.07 Å². The lowest BCUT2D eigenvalue weighted by Gasteiger charge is -2.12. The number of nitrogens with two attached hydrogens (primary N) is 1. The van der Waals surface area contributed by atoms with Gasteiger partial charge in [0.2, 0.25) is 11.8 Å². The molecular weight excluding hydrogens is 560 g/mol. The van der Waals surface area contributed by atoms with Crippen LogP contribution >= 0.6 is 23.4 Å². The molecule has 4 amide bonds. The minimum atomic E-state index is -0.545. The lowest BCUT2D eigenvalue weighted by molar-refractivity contribution is -0.114. The highest BCUT2D eigenvalue weighted by Crippen LogP contribution is 2.23. The van der Waals surface area contributed by atoms with Crippen LogP contribution in [0.5, 0.6) is 0 Å². The first-order valence-electron chi connectivity index (χ1n) is 12.3. The number of rotatable bonds is 10. The van der Waals surface area contributed by atoms with Crippen LogP contribution in [0.4, 0.5) is 11.4 Å². The van der Waals surface area contributed by atoms with Crippen molar-refractivity contribution in [2.45, 2.75) is 4.90 Å². The van der Waals surface area contributed by atoms with Gasteiger partial charge < -0.3 is 21.7 Å². The summed E-state index contributed by atoms with van der Waals surface area (Å²) in [5.74, 6) is -1.63. The Morgan fingerprint density at radius 2 is 1.46 bits per heavy atom. The molecular formula is C31H25ClN4O4S. The molecule has 0 spiro atoms. The second-order valence-corrected chi connectivity index (χ2v) is 10.2. The molecule has 0 aliphatic carbocycles. The molecule has 4 rings (SSSR count). The summed E-state index contributed by atoms with van der Waals surface area (Å²) in [6, 6.07) is 28.7. The Bertz CT molecular complexity index is 1590. The average molecular weight is 585 g/mol. The van der Waals surface area contributed by atoms with E-state index >= 15 is 0 Å². The maximum atomic E-state index is 13.3. The van der Waals surface area contributed by atoms with Gasteiger partial charge in [-0.3, -0.25) is 19.2 Å². The van der Waals surface area contributed by atoms with Crippen molar-refractivity contribution in [1.29, 1.82) is 0 Å². The Hall–Kier alpha value is -4.86. The maximum Gasteiger partial charge on any atom is 0.272 e. The highest BCUT2D eigenvalue weighted by Gasteiger charge is 2.15. The van der Waals surface area contributed by atoms with Crippen molar-refractivity contribution in [2.75, 3.05) is 16.4 Å². The van der Waals surface area contributed by atoms with Crippen LogP contribution in [0.3, 0.4) is 0 Å². The largest absolute Gasteiger partial charge is 0.366 e. The number of primary amides is 1. The molecule has 4 aromatic carbocycles. The Balaban J connectivity index is 1.42. The molecule has 0 atom stereocenters. The van der Waals surface area contributed by atoms with Gasteiger partial charge in [-0.25, -0.2) is 0 Å². The molecule has 10 heteroatoms. The van der Waals surface area contributed by atoms with Crippen molar-refractivity contribution in [3.8, 4) is 0 Å². The van der Waals surface area contributed by atoms with Gasteiger partial charge >= 0.3 is 0 Å². The fourth-order valence-corrected chi connectivity index (χ4v) is 4.47. The fourth-order valence-electron chi connectivity index (χ4n) is 3.59. The van der Waals surface area contributed by atoms with E-state index in [0.717, 1.165) is 4.90 Å². The van der Waals surface area contributed by atoms with E-state index in [9.17, 15) is 19.2 Å². The van der Waals surface area contributed by atoms with Gasteiger partial charge in [0, 0.05) is 32.4 Å². The minimum Gasteiger partial charge on any atom is -0.366 e. The SMILES string of the molecule is NC(=O)c1ccc(NC(=O)CSc2cccc(NC(=O)/C(=C/c3ccc(Cl)cc3)NC(=O)c3ccccc3)c2)cc1. The fraction of sp³-hybridized carbons (Fsp3) is 0.0323. The van der Waals surface area contributed by atoms with Gasteiger partial charge in [0.15, 0.2) is 0 Å². The Kier molecular flexibility index (Phi) is 9.93. The van der Waals surface area contributed by atoms with Crippen molar-refractivity contribution in [3.05, 3.63) is 131 Å². The molecule has 4 aromatic rings. The van der Waals surface area contributed by atoms with Crippen molar-refractivity contribution < 1.29 is 19.2 Å². The Morgan fingerprint density at radius 3 is 2.15 bits per heavy atom. The second-order valence-electron chi connectivity index (χ2n) is 8.69. The highest BCUT2D eigenvalue weighted by atomic mass is 35.5. The first-order valence-corrected chi connectivity index (χ1v) is 13.7. The van der Waals surface area contributed by atoms with Crippen molar-refractivity contribution in [1.82, 2.24) is 5.32 Å². The number of anilines is 2. The van der Waals surface area contributed by atoms with Crippen molar-refractivity contribution >= 4 is 64.4 Å². The predicted octanol–water partition coefficient (Wildman–Crippen LogP) is 5.58. The number of thioether (sulfide) groups is 1. The molecule has 0 saturated carbocycles. The van der Waals surface area contributed by atoms with E-state index in [-0.39, 0.29) is 17.4 Å². The van der Waals surface area contributed by atoms with Gasteiger partial charge in [-0.15, -0.1) is 11.8 Å². The lowest BCUT2D eigenvalue weighted by atomic mass is 10.1. The van der Waals surface area contributed by atoms with Gasteiger partial charge in [0.05, 0.1) is 5.75 Å². The van der Waals surface area contributed by atoms with E-state index in [1.54, 1.807) is 91.0 Å². The number of amides is 4. The van der Waals surface area contributed by atoms with Crippen LogP contribution in [0.15, 0.2) is 114 Å². The summed E-state index contributed by atoms with van der Waals surface area (Å²) in [5, 5.41) is 8.82. The normalized spacial score (nSPS) is 10.9. The molecule has 0 aliphatic heterocycles. The molecule has 0 fully saturated rings. The number of halogens is 1. The molecule has 0 aliphatic rings. The zero-order chi connectivity index (χ0) is 29.2. The maximum absolute atomic E-state index is 13.3. The van der Waals surface area contributed by atoms with Crippen LogP contribution in [0.25, 0.3) is 6.08 Å². The summed E-state index contributed by atoms with van der Waals surface area (Å²) < 4.78 is 0. The summed E-state index contributed by atoms with van der Waals surface area (Å²) in [6.07, 6.45) is 1.56. The first kappa shape index (κ1) is 29.1. The smallest absolute Gasteiger partial charge is 0.272 e. The summed E-state index contributed by atoms with van der Waals surface area (Å²) >= 11 is 7.27. The molecule has 0 saturated heterocycles. The molecule has 0 radical (unpaired) electrons. The van der Waals surface area contributed by atoms with Gasteiger partial charge in [0.25, 0.3) is 11.8 Å². The topological polar surface area (TPSA) is 130 Å². The van der Waals surface area contributed by atoms with Gasteiger partial charge in [-0.1, -0.05) is 48.0 Å². The van der Waals surface area contributed by atoms with E-state index in [4.69, 9.17) is 17.3 Å². The molecule has 8 nitrogen and oxygen atoms in total. The molecule has 5 N–H and O–H groups in total. The van der Waals surface area contributed by atoms with Gasteiger partial charge in [0.1, 0.15) is 5.70 Å². The number of hydrogen-bond donors (Lipinski definition) is 4. The first-order chi connectivity index (χ1) is 19.8. The van der Waals surface area contributed by atoms with Crippen LogP contribution in [0, 0.1) is 0 Å². The van der Waals surface area contributed by atoms with Crippen LogP contribution in [0.1, 0.15) is 26.3 Å². The van der Waals surface area contributed by atoms with Gasteiger partial charge in [-0.05, 0) is 78.4 Å². The van der Waals surface area contributed by atoms with Crippen LogP contribution in [-0.4, -0.2) is 29.4 Å². The summed E-state index contributed by atoms with van der Waals surface area (Å²) in [5.41, 5.74) is 7.74. The standard InChI is InChI=1S/C31H25ClN4O4S/c32-23-13-9-20(10-14-23)17-27(36-30(39)22-5-2-1-3-6-22)31(40)35-25-7-4-8-26(18-25)41-19-28(37)34-24-15-11-21(12-16-24)29(33)38/h1-18H,19H2,(H2,33,38)(H,34,37)(H,35,40)(H,36,39)/b27-17-. The number of carbonyl (C=O) groups is 4. The quantitative estimate of drug-likeness (QED) is 0.143. The van der Waals surface area contributed by atoms with Crippen LogP contribution in [-0.2, 0) is 9.59 Å². The Labute approximate surface area is 246 Å². The zero-order valence-corrected chi connectivity index (χ0v) is 23.2. The van der Waals surface area contributed by atoms with E-state index < -0.39 is 17.7 Å². The van der Waals surface area contributed by atoms with E-state index in [0.29, 0.717) is 33.1 Å². The van der Waals surface area contributed by atoms with Crippen LogP contribution in [0.2, 0.25) is 5.02 Å². The third-order valence-electron chi connectivity index (χ3n) is 5.62. The van der Waals surface area contributed by atoms with Crippen molar-refractivity contribution in [3.63, 3.8) is 0 Å². The molecule has 0 unspecified atom stereocenters. The molecule has 0 heterocycles. The number of nitrogens with one attached hydrogen (secondary N) is 3. The molecule has 206 valence electrons. The number of carbonyl (C=O) groups excluding carboxylic acids is 4. The average Bonchev–Trinajstić information content (AvgIpc) is 2.97. The number of benzene rings is 4. The lowest BCUT2D eigenvalue weighted by Crippen LogP contribution is -2.30. The molecule has 41 heavy (non-hydrogen) atoms. The van der Waals surface area contributed by atoms with Crippen LogP contribution < -0.4 is 21.7 Å².